The van der Waals surface area contributed by atoms with Crippen molar-refractivity contribution in [1.82, 2.24) is 25.2 Å². The van der Waals surface area contributed by atoms with Crippen LogP contribution in [0.5, 0.6) is 0 Å². The number of aromatic nitrogens is 3. The number of carbonyl (C=O) groups excluding carboxylic acids is 2. The Kier molecular flexibility index (Phi) is 8.53. The lowest BCUT2D eigenvalue weighted by Gasteiger charge is -2.32. The summed E-state index contributed by atoms with van der Waals surface area (Å²) in [7, 11) is 1.93. The van der Waals surface area contributed by atoms with Crippen molar-refractivity contribution in [3.8, 4) is 0 Å². The van der Waals surface area contributed by atoms with Crippen LogP contribution >= 0.6 is 23.2 Å². The van der Waals surface area contributed by atoms with Gasteiger partial charge in [-0.05, 0) is 60.8 Å². The highest BCUT2D eigenvalue weighted by Crippen LogP contribution is 2.33. The summed E-state index contributed by atoms with van der Waals surface area (Å²) < 4.78 is 1.96. The number of halogens is 2. The summed E-state index contributed by atoms with van der Waals surface area (Å²) in [5, 5.41) is 7.12. The first-order valence-electron chi connectivity index (χ1n) is 14.6. The van der Waals surface area contributed by atoms with E-state index in [0.29, 0.717) is 58.1 Å². The van der Waals surface area contributed by atoms with E-state index in [1.165, 1.54) is 12.8 Å². The molecule has 41 heavy (non-hydrogen) atoms. The van der Waals surface area contributed by atoms with Gasteiger partial charge in [0.05, 0.1) is 10.6 Å². The van der Waals surface area contributed by atoms with Gasteiger partial charge in [-0.3, -0.25) is 9.59 Å². The molecule has 2 aliphatic rings. The number of anilines is 1. The molecule has 1 saturated heterocycles. The van der Waals surface area contributed by atoms with Crippen LogP contribution in [0.1, 0.15) is 80.7 Å². The van der Waals surface area contributed by atoms with Gasteiger partial charge in [0.25, 0.3) is 5.91 Å². The second-order valence-corrected chi connectivity index (χ2v) is 13.5. The third kappa shape index (κ3) is 6.64. The third-order valence-corrected chi connectivity index (χ3v) is 9.04. The van der Waals surface area contributed by atoms with Gasteiger partial charge in [0.15, 0.2) is 5.65 Å². The number of hydrogen-bond acceptors (Lipinski definition) is 5. The molecule has 1 aliphatic heterocycles. The number of hydrogen-bond donors (Lipinski definition) is 2. The van der Waals surface area contributed by atoms with Crippen LogP contribution < -0.4 is 15.5 Å². The quantitative estimate of drug-likeness (QED) is 0.336. The lowest BCUT2D eigenvalue weighted by Crippen LogP contribution is -2.36. The van der Waals surface area contributed by atoms with Crippen LogP contribution in [0.3, 0.4) is 0 Å². The van der Waals surface area contributed by atoms with E-state index in [1.54, 1.807) is 6.07 Å². The molecule has 5 rings (SSSR count). The number of amides is 2. The number of carbonyl (C=O) groups is 2. The number of fused-ring (bicyclic) bond motifs is 1. The lowest BCUT2D eigenvalue weighted by molar-refractivity contribution is -0.128. The number of benzene rings is 1. The second kappa shape index (κ2) is 11.8. The smallest absolute Gasteiger partial charge is 0.255 e. The molecule has 10 heteroatoms. The summed E-state index contributed by atoms with van der Waals surface area (Å²) >= 11 is 13.5. The minimum absolute atomic E-state index is 0.0533. The minimum atomic E-state index is -0.499. The van der Waals surface area contributed by atoms with Gasteiger partial charge in [-0.25, -0.2) is 9.97 Å². The van der Waals surface area contributed by atoms with E-state index < -0.39 is 5.41 Å². The van der Waals surface area contributed by atoms with Crippen LogP contribution in [0.25, 0.3) is 11.2 Å². The van der Waals surface area contributed by atoms with Crippen molar-refractivity contribution in [2.75, 3.05) is 24.5 Å². The van der Waals surface area contributed by atoms with E-state index in [2.05, 4.69) is 22.5 Å². The van der Waals surface area contributed by atoms with Crippen LogP contribution in [0, 0.1) is 17.3 Å². The number of pyridine rings is 1. The average molecular weight is 600 g/mol. The fourth-order valence-electron chi connectivity index (χ4n) is 5.13. The minimum Gasteiger partial charge on any atom is -0.356 e. The number of aryl methyl sites for hydroxylation is 1. The number of imidazole rings is 1. The highest BCUT2D eigenvalue weighted by molar-refractivity contribution is 6.36. The van der Waals surface area contributed by atoms with Crippen molar-refractivity contribution in [1.29, 1.82) is 0 Å². The van der Waals surface area contributed by atoms with Crippen LogP contribution in [0.15, 0.2) is 18.2 Å². The Morgan fingerprint density at radius 2 is 1.76 bits per heavy atom. The molecule has 0 atom stereocenters. The standard InChI is InChI=1S/C31H40Cl2N6O2/c1-18-10-12-39(13-11-18)27-22(29(40)34-16-19-6-7-19)14-24-28(37-27)38(5)25(36-24)15-21-23(32)9-8-20(26(21)33)17-35-30(41)31(2,3)4/h8-9,14,18-19H,6-7,10-13,15-17H2,1-5H3,(H,34,40)(H,35,41). The molecule has 0 bridgehead atoms. The molecular formula is C31H40Cl2N6O2. The Hall–Kier alpha value is -2.84. The van der Waals surface area contributed by atoms with E-state index in [4.69, 9.17) is 33.2 Å². The second-order valence-electron chi connectivity index (χ2n) is 12.7. The van der Waals surface area contributed by atoms with Gasteiger partial charge in [-0.2, -0.15) is 0 Å². The number of rotatable bonds is 8. The maximum absolute atomic E-state index is 13.4. The topological polar surface area (TPSA) is 92.2 Å². The Bertz CT molecular complexity index is 1470. The Labute approximate surface area is 252 Å². The first kappa shape index (κ1) is 29.6. The SMILES string of the molecule is CC1CCN(c2nc3c(cc2C(=O)NCC2CC2)nc(Cc2c(Cl)ccc(CNC(=O)C(C)(C)C)c2Cl)n3C)CC1. The van der Waals surface area contributed by atoms with E-state index in [-0.39, 0.29) is 11.8 Å². The predicted octanol–water partition coefficient (Wildman–Crippen LogP) is 5.90. The van der Waals surface area contributed by atoms with Crippen molar-refractivity contribution in [2.24, 2.45) is 24.3 Å². The molecule has 2 aromatic heterocycles. The molecule has 0 spiro atoms. The fraction of sp³-hybridized carbons (Fsp3) is 0.548. The van der Waals surface area contributed by atoms with E-state index in [1.807, 2.05) is 44.5 Å². The van der Waals surface area contributed by atoms with Gasteiger partial charge in [-0.15, -0.1) is 0 Å². The van der Waals surface area contributed by atoms with Gasteiger partial charge in [0.2, 0.25) is 5.91 Å². The van der Waals surface area contributed by atoms with Crippen molar-refractivity contribution in [3.05, 3.63) is 50.8 Å². The van der Waals surface area contributed by atoms with Crippen molar-refractivity contribution >= 4 is 52.0 Å². The number of nitrogens with one attached hydrogen (secondary N) is 2. The summed E-state index contributed by atoms with van der Waals surface area (Å²) in [6, 6.07) is 5.52. The van der Waals surface area contributed by atoms with Crippen molar-refractivity contribution in [2.45, 2.75) is 66.3 Å². The molecule has 1 saturated carbocycles. The van der Waals surface area contributed by atoms with Gasteiger partial charge in [0, 0.05) is 50.1 Å². The fourth-order valence-corrected chi connectivity index (χ4v) is 5.70. The van der Waals surface area contributed by atoms with Crippen LogP contribution in [-0.2, 0) is 24.8 Å². The molecule has 3 aromatic rings. The first-order chi connectivity index (χ1) is 19.4. The zero-order chi connectivity index (χ0) is 29.5. The van der Waals surface area contributed by atoms with Crippen LogP contribution in [-0.4, -0.2) is 46.0 Å². The lowest BCUT2D eigenvalue weighted by atomic mass is 9.95. The summed E-state index contributed by atoms with van der Waals surface area (Å²) in [6.07, 6.45) is 4.87. The molecule has 2 amide bonds. The zero-order valence-electron chi connectivity index (χ0n) is 24.6. The van der Waals surface area contributed by atoms with Gasteiger partial charge in [0.1, 0.15) is 17.2 Å². The van der Waals surface area contributed by atoms with Crippen LogP contribution in [0.4, 0.5) is 5.82 Å². The van der Waals surface area contributed by atoms with Gasteiger partial charge in [-0.1, -0.05) is 57.0 Å². The maximum atomic E-state index is 13.4. The average Bonchev–Trinajstić information content (AvgIpc) is 3.71. The monoisotopic (exact) mass is 598 g/mol. The molecule has 3 heterocycles. The largest absolute Gasteiger partial charge is 0.356 e. The Morgan fingerprint density at radius 1 is 1.05 bits per heavy atom. The zero-order valence-corrected chi connectivity index (χ0v) is 26.1. The van der Waals surface area contributed by atoms with E-state index in [9.17, 15) is 9.59 Å². The molecule has 2 N–H and O–H groups in total. The summed E-state index contributed by atoms with van der Waals surface area (Å²) in [4.78, 5) is 37.9. The van der Waals surface area contributed by atoms with Gasteiger partial charge >= 0.3 is 0 Å². The number of piperidine rings is 1. The van der Waals surface area contributed by atoms with E-state index in [0.717, 1.165) is 48.7 Å². The maximum Gasteiger partial charge on any atom is 0.255 e. The normalized spacial score (nSPS) is 16.3. The molecule has 1 aromatic carbocycles. The molecule has 1 aliphatic carbocycles. The van der Waals surface area contributed by atoms with Gasteiger partial charge < -0.3 is 20.1 Å². The Morgan fingerprint density at radius 3 is 2.41 bits per heavy atom. The third-order valence-electron chi connectivity index (χ3n) is 8.21. The highest BCUT2D eigenvalue weighted by Gasteiger charge is 2.28. The van der Waals surface area contributed by atoms with Crippen molar-refractivity contribution < 1.29 is 9.59 Å². The first-order valence-corrected chi connectivity index (χ1v) is 15.3. The highest BCUT2D eigenvalue weighted by atomic mass is 35.5. The predicted molar refractivity (Wildman–Crippen MR) is 165 cm³/mol. The van der Waals surface area contributed by atoms with Crippen molar-refractivity contribution in [3.63, 3.8) is 0 Å². The molecule has 8 nitrogen and oxygen atoms in total. The van der Waals surface area contributed by atoms with E-state index >= 15 is 0 Å². The summed E-state index contributed by atoms with van der Waals surface area (Å²) in [6.45, 7) is 10.6. The van der Waals surface area contributed by atoms with Crippen LogP contribution in [0.2, 0.25) is 10.0 Å². The molecular weight excluding hydrogens is 559 g/mol. The molecule has 0 radical (unpaired) electrons. The summed E-state index contributed by atoms with van der Waals surface area (Å²) in [5.41, 5.74) is 2.98. The molecule has 0 unspecified atom stereocenters. The molecule has 220 valence electrons. The number of nitrogens with zero attached hydrogens (tertiary/aromatic N) is 4. The summed E-state index contributed by atoms with van der Waals surface area (Å²) in [5.74, 6) is 2.56. The molecule has 2 fully saturated rings. The Balaban J connectivity index is 1.46.